The lowest BCUT2D eigenvalue weighted by atomic mass is 9.72. The van der Waals surface area contributed by atoms with Crippen molar-refractivity contribution in [3.63, 3.8) is 0 Å². The van der Waals surface area contributed by atoms with Crippen LogP contribution in [-0.2, 0) is 16.7 Å². The number of halogens is 1. The van der Waals surface area contributed by atoms with Crippen molar-refractivity contribution in [3.8, 4) is 0 Å². The number of aryl methyl sites for hydroxylation is 2. The molecule has 6 nitrogen and oxygen atoms in total. The van der Waals surface area contributed by atoms with Crippen LogP contribution in [0.1, 0.15) is 30.4 Å². The molecule has 1 aromatic heterocycles. The summed E-state index contributed by atoms with van der Waals surface area (Å²) in [4.78, 5) is 4.39. The second-order valence-corrected chi connectivity index (χ2v) is 7.18. The van der Waals surface area contributed by atoms with E-state index in [-0.39, 0.29) is 29.4 Å². The molecule has 154 valence electrons. The number of nitrogens with zero attached hydrogens (tertiary/aromatic N) is 3. The molecule has 0 amide bonds. The average molecular weight is 497 g/mol. The van der Waals surface area contributed by atoms with Crippen molar-refractivity contribution in [2.45, 2.75) is 38.1 Å². The molecule has 0 saturated carbocycles. The van der Waals surface area contributed by atoms with E-state index in [1.165, 1.54) is 11.1 Å². The number of guanidine groups is 1. The van der Waals surface area contributed by atoms with Gasteiger partial charge in [0.1, 0.15) is 0 Å². The van der Waals surface area contributed by atoms with Crippen LogP contribution in [0.4, 0.5) is 0 Å². The summed E-state index contributed by atoms with van der Waals surface area (Å²) in [7, 11) is 1.83. The van der Waals surface area contributed by atoms with Crippen molar-refractivity contribution >= 4 is 29.9 Å². The molecule has 0 radical (unpaired) electrons. The second kappa shape index (κ2) is 11.4. The number of benzene rings is 1. The minimum Gasteiger partial charge on any atom is -0.381 e. The van der Waals surface area contributed by atoms with Gasteiger partial charge in [0, 0.05) is 57.7 Å². The van der Waals surface area contributed by atoms with Crippen molar-refractivity contribution < 1.29 is 4.74 Å². The molecule has 1 aliphatic heterocycles. The van der Waals surface area contributed by atoms with Gasteiger partial charge in [0.05, 0.1) is 0 Å². The first-order valence-electron chi connectivity index (χ1n) is 9.79. The normalized spacial score (nSPS) is 16.3. The number of rotatable bonds is 7. The van der Waals surface area contributed by atoms with Gasteiger partial charge in [0.15, 0.2) is 5.96 Å². The Morgan fingerprint density at radius 1 is 1.21 bits per heavy atom. The Bertz CT molecular complexity index is 726. The van der Waals surface area contributed by atoms with Gasteiger partial charge in [-0.1, -0.05) is 24.3 Å². The minimum atomic E-state index is 0. The summed E-state index contributed by atoms with van der Waals surface area (Å²) in [6.07, 6.45) is 6.86. The van der Waals surface area contributed by atoms with Gasteiger partial charge in [-0.3, -0.25) is 9.67 Å². The molecule has 2 N–H and O–H groups in total. The first-order valence-corrected chi connectivity index (χ1v) is 9.79. The van der Waals surface area contributed by atoms with E-state index in [1.54, 1.807) is 0 Å². The van der Waals surface area contributed by atoms with E-state index >= 15 is 0 Å². The topological polar surface area (TPSA) is 63.5 Å². The summed E-state index contributed by atoms with van der Waals surface area (Å²) in [6, 6.07) is 10.7. The largest absolute Gasteiger partial charge is 0.381 e. The molecule has 1 aliphatic rings. The van der Waals surface area contributed by atoms with Gasteiger partial charge in [-0.2, -0.15) is 5.10 Å². The number of aromatic nitrogens is 2. The Hall–Kier alpha value is -1.61. The minimum absolute atomic E-state index is 0. The summed E-state index contributed by atoms with van der Waals surface area (Å²) >= 11 is 0. The molecule has 0 spiro atoms. The van der Waals surface area contributed by atoms with Gasteiger partial charge in [0.25, 0.3) is 0 Å². The van der Waals surface area contributed by atoms with Gasteiger partial charge in [0.2, 0.25) is 0 Å². The third-order valence-electron chi connectivity index (χ3n) is 5.40. The zero-order valence-electron chi connectivity index (χ0n) is 16.9. The molecule has 7 heteroatoms. The molecule has 0 atom stereocenters. The van der Waals surface area contributed by atoms with Crippen LogP contribution in [0.15, 0.2) is 47.7 Å². The molecule has 1 fully saturated rings. The summed E-state index contributed by atoms with van der Waals surface area (Å²) in [6.45, 7) is 6.45. The quantitative estimate of drug-likeness (QED) is 0.267. The highest BCUT2D eigenvalue weighted by Crippen LogP contribution is 2.36. The molecule has 0 aliphatic carbocycles. The van der Waals surface area contributed by atoms with Gasteiger partial charge in [-0.05, 0) is 43.4 Å². The smallest absolute Gasteiger partial charge is 0.191 e. The highest BCUT2D eigenvalue weighted by atomic mass is 127. The van der Waals surface area contributed by atoms with Crippen LogP contribution in [0.3, 0.4) is 0 Å². The molecular formula is C21H32IN5O. The first kappa shape index (κ1) is 22.7. The van der Waals surface area contributed by atoms with Crippen LogP contribution in [0.25, 0.3) is 0 Å². The van der Waals surface area contributed by atoms with E-state index in [4.69, 9.17) is 4.74 Å². The molecule has 2 aromatic rings. The third-order valence-corrected chi connectivity index (χ3v) is 5.40. The summed E-state index contributed by atoms with van der Waals surface area (Å²) in [5.74, 6) is 0.856. The number of hydrogen-bond donors (Lipinski definition) is 2. The van der Waals surface area contributed by atoms with Crippen LogP contribution in [0.2, 0.25) is 0 Å². The van der Waals surface area contributed by atoms with Gasteiger partial charge < -0.3 is 15.4 Å². The molecule has 0 bridgehead atoms. The van der Waals surface area contributed by atoms with E-state index in [1.807, 2.05) is 30.2 Å². The van der Waals surface area contributed by atoms with E-state index in [2.05, 4.69) is 51.9 Å². The Morgan fingerprint density at radius 3 is 2.68 bits per heavy atom. The lowest BCUT2D eigenvalue weighted by molar-refractivity contribution is 0.0512. The standard InChI is InChI=1S/C21H31N5O.HI/c1-18-7-3-4-8-19(18)21(9-15-27-16-10-21)17-24-20(22-2)23-11-5-13-26-14-6-12-25-26;/h3-4,6-8,12,14H,5,9-11,13,15-17H2,1-2H3,(H2,22,23,24);1H. The van der Waals surface area contributed by atoms with Crippen molar-refractivity contribution in [2.24, 2.45) is 4.99 Å². The fourth-order valence-electron chi connectivity index (χ4n) is 3.83. The predicted molar refractivity (Wildman–Crippen MR) is 125 cm³/mol. The molecule has 28 heavy (non-hydrogen) atoms. The Labute approximate surface area is 185 Å². The molecule has 1 aromatic carbocycles. The van der Waals surface area contributed by atoms with E-state index < -0.39 is 0 Å². The molecule has 0 unspecified atom stereocenters. The van der Waals surface area contributed by atoms with Crippen molar-refractivity contribution in [3.05, 3.63) is 53.9 Å². The van der Waals surface area contributed by atoms with Crippen LogP contribution in [-0.4, -0.2) is 49.1 Å². The zero-order valence-corrected chi connectivity index (χ0v) is 19.2. The number of hydrogen-bond acceptors (Lipinski definition) is 3. The zero-order chi connectivity index (χ0) is 19.0. The van der Waals surface area contributed by atoms with E-state index in [0.29, 0.717) is 0 Å². The van der Waals surface area contributed by atoms with Crippen LogP contribution < -0.4 is 10.6 Å². The van der Waals surface area contributed by atoms with Gasteiger partial charge in [-0.15, -0.1) is 24.0 Å². The molecule has 2 heterocycles. The monoisotopic (exact) mass is 497 g/mol. The van der Waals surface area contributed by atoms with Crippen LogP contribution in [0.5, 0.6) is 0 Å². The third kappa shape index (κ3) is 5.94. The molecule has 3 rings (SSSR count). The Kier molecular flexibility index (Phi) is 9.24. The molecular weight excluding hydrogens is 465 g/mol. The van der Waals surface area contributed by atoms with Gasteiger partial charge in [-0.25, -0.2) is 0 Å². The first-order chi connectivity index (χ1) is 13.2. The van der Waals surface area contributed by atoms with Crippen LogP contribution in [0, 0.1) is 6.92 Å². The Morgan fingerprint density at radius 2 is 2.00 bits per heavy atom. The van der Waals surface area contributed by atoms with Crippen LogP contribution >= 0.6 is 24.0 Å². The van der Waals surface area contributed by atoms with E-state index in [9.17, 15) is 0 Å². The predicted octanol–water partition coefficient (Wildman–Crippen LogP) is 3.11. The van der Waals surface area contributed by atoms with Gasteiger partial charge >= 0.3 is 0 Å². The SMILES string of the molecule is CN=C(NCCCn1cccn1)NCC1(c2ccccc2C)CCOCC1.I. The fraction of sp³-hybridized carbons (Fsp3) is 0.524. The van der Waals surface area contributed by atoms with E-state index in [0.717, 1.165) is 58.1 Å². The van der Waals surface area contributed by atoms with Crippen molar-refractivity contribution in [2.75, 3.05) is 33.4 Å². The van der Waals surface area contributed by atoms with Crippen molar-refractivity contribution in [1.29, 1.82) is 0 Å². The maximum absolute atomic E-state index is 5.65. The summed E-state index contributed by atoms with van der Waals surface area (Å²) in [5.41, 5.74) is 2.87. The summed E-state index contributed by atoms with van der Waals surface area (Å²) in [5, 5.41) is 11.2. The Balaban J connectivity index is 0.00000280. The average Bonchev–Trinajstić information content (AvgIpc) is 3.22. The maximum Gasteiger partial charge on any atom is 0.191 e. The highest BCUT2D eigenvalue weighted by Gasteiger charge is 2.35. The second-order valence-electron chi connectivity index (χ2n) is 7.18. The maximum atomic E-state index is 5.65. The lowest BCUT2D eigenvalue weighted by Crippen LogP contribution is -2.48. The van der Waals surface area contributed by atoms with Crippen molar-refractivity contribution in [1.82, 2.24) is 20.4 Å². The fourth-order valence-corrected chi connectivity index (χ4v) is 3.83. The lowest BCUT2D eigenvalue weighted by Gasteiger charge is -2.39. The summed E-state index contributed by atoms with van der Waals surface area (Å²) < 4.78 is 7.60. The number of nitrogens with one attached hydrogen (secondary N) is 2. The molecule has 1 saturated heterocycles. The number of ether oxygens (including phenoxy) is 1. The highest BCUT2D eigenvalue weighted by molar-refractivity contribution is 14.0. The number of aliphatic imine (C=N–C) groups is 1.